The Balaban J connectivity index is 2.07. The van der Waals surface area contributed by atoms with Crippen molar-refractivity contribution in [2.45, 2.75) is 31.8 Å². The first-order valence-electron chi connectivity index (χ1n) is 9.60. The molecule has 2 aromatic rings. The van der Waals surface area contributed by atoms with Gasteiger partial charge in [0.05, 0.1) is 25.2 Å². The predicted molar refractivity (Wildman–Crippen MR) is 112 cm³/mol. The number of halogens is 3. The lowest BCUT2D eigenvalue weighted by molar-refractivity contribution is -0.0999. The number of hydrogen-bond acceptors (Lipinski definition) is 5. The summed E-state index contributed by atoms with van der Waals surface area (Å²) in [6, 6.07) is 9.67. The van der Waals surface area contributed by atoms with E-state index >= 15 is 0 Å². The molecule has 0 saturated carbocycles. The lowest BCUT2D eigenvalue weighted by atomic mass is 9.88. The van der Waals surface area contributed by atoms with Crippen LogP contribution in [0, 0.1) is 11.3 Å². The summed E-state index contributed by atoms with van der Waals surface area (Å²) in [6.07, 6.45) is -3.45. The molecule has 0 spiro atoms. The van der Waals surface area contributed by atoms with Crippen LogP contribution in [0.3, 0.4) is 0 Å². The van der Waals surface area contributed by atoms with E-state index in [-0.39, 0.29) is 12.1 Å². The Hall–Kier alpha value is -3.44. The highest BCUT2D eigenvalue weighted by Crippen LogP contribution is 2.43. The second kappa shape index (κ2) is 9.14. The lowest BCUT2D eigenvalue weighted by Gasteiger charge is -2.21. The SMILES string of the molecule is C=CC(=C)NCc1cc(-c2ccc(NC(F)(F)F)cc2)c2c(c1C(O)CC#N)CCO2. The fourth-order valence-corrected chi connectivity index (χ4v) is 3.61. The van der Waals surface area contributed by atoms with Crippen LogP contribution in [0.5, 0.6) is 5.75 Å². The molecule has 0 fully saturated rings. The van der Waals surface area contributed by atoms with E-state index in [2.05, 4.69) is 18.5 Å². The Morgan fingerprint density at radius 3 is 2.65 bits per heavy atom. The summed E-state index contributed by atoms with van der Waals surface area (Å²) >= 11 is 0. The molecule has 1 atom stereocenters. The van der Waals surface area contributed by atoms with Crippen molar-refractivity contribution in [3.63, 3.8) is 0 Å². The molecule has 1 heterocycles. The van der Waals surface area contributed by atoms with E-state index in [0.29, 0.717) is 47.7 Å². The number of fused-ring (bicyclic) bond motifs is 1. The first-order valence-corrected chi connectivity index (χ1v) is 9.60. The Bertz CT molecular complexity index is 1020. The van der Waals surface area contributed by atoms with E-state index in [1.807, 2.05) is 12.1 Å². The molecule has 0 bridgehead atoms. The number of nitrogens with one attached hydrogen (secondary N) is 2. The van der Waals surface area contributed by atoms with Crippen LogP contribution in [0.4, 0.5) is 18.9 Å². The maximum Gasteiger partial charge on any atom is 0.482 e. The number of hydrogen-bond donors (Lipinski definition) is 3. The molecule has 0 radical (unpaired) electrons. The average Bonchev–Trinajstić information content (AvgIpc) is 3.20. The van der Waals surface area contributed by atoms with E-state index in [0.717, 1.165) is 11.1 Å². The van der Waals surface area contributed by atoms with Crippen LogP contribution in [0.1, 0.15) is 29.2 Å². The number of nitriles is 1. The van der Waals surface area contributed by atoms with Crippen molar-refractivity contribution in [3.8, 4) is 22.9 Å². The summed E-state index contributed by atoms with van der Waals surface area (Å²) in [4.78, 5) is 0. The number of aliphatic hydroxyl groups excluding tert-OH is 1. The Labute approximate surface area is 178 Å². The quantitative estimate of drug-likeness (QED) is 0.409. The third-order valence-corrected chi connectivity index (χ3v) is 4.96. The second-order valence-corrected chi connectivity index (χ2v) is 7.06. The van der Waals surface area contributed by atoms with Gasteiger partial charge in [-0.05, 0) is 41.0 Å². The fraction of sp³-hybridized carbons (Fsp3) is 0.261. The topological polar surface area (TPSA) is 77.3 Å². The highest BCUT2D eigenvalue weighted by molar-refractivity contribution is 5.76. The molecule has 0 amide bonds. The van der Waals surface area contributed by atoms with Crippen molar-refractivity contribution in [2.75, 3.05) is 11.9 Å². The third kappa shape index (κ3) is 5.19. The molecule has 1 unspecified atom stereocenters. The van der Waals surface area contributed by atoms with Gasteiger partial charge in [-0.3, -0.25) is 5.32 Å². The van der Waals surface area contributed by atoms with Gasteiger partial charge >= 0.3 is 6.30 Å². The molecule has 1 aliphatic heterocycles. The Kier molecular flexibility index (Phi) is 6.56. The smallest absolute Gasteiger partial charge is 0.482 e. The minimum Gasteiger partial charge on any atom is -0.492 e. The van der Waals surface area contributed by atoms with Crippen LogP contribution in [0.15, 0.2) is 55.3 Å². The van der Waals surface area contributed by atoms with Crippen molar-refractivity contribution < 1.29 is 23.0 Å². The molecule has 0 aliphatic carbocycles. The van der Waals surface area contributed by atoms with Crippen molar-refractivity contribution in [2.24, 2.45) is 0 Å². The number of ether oxygens (including phenoxy) is 1. The maximum absolute atomic E-state index is 12.6. The average molecular weight is 429 g/mol. The maximum atomic E-state index is 12.6. The molecule has 0 aromatic heterocycles. The number of rotatable bonds is 8. The van der Waals surface area contributed by atoms with Gasteiger partial charge in [0.15, 0.2) is 0 Å². The summed E-state index contributed by atoms with van der Waals surface area (Å²) in [5.74, 6) is 0.579. The molecule has 2 aromatic carbocycles. The number of benzene rings is 2. The number of nitrogens with zero attached hydrogens (tertiary/aromatic N) is 1. The second-order valence-electron chi connectivity index (χ2n) is 7.06. The molecular weight excluding hydrogens is 407 g/mol. The summed E-state index contributed by atoms with van der Waals surface area (Å²) < 4.78 is 43.5. The van der Waals surface area contributed by atoms with E-state index in [9.17, 15) is 18.3 Å². The Morgan fingerprint density at radius 2 is 2.03 bits per heavy atom. The van der Waals surface area contributed by atoms with E-state index in [1.54, 1.807) is 18.2 Å². The van der Waals surface area contributed by atoms with Crippen LogP contribution >= 0.6 is 0 Å². The van der Waals surface area contributed by atoms with Gasteiger partial charge in [-0.2, -0.15) is 18.4 Å². The number of aliphatic hydroxyl groups is 1. The summed E-state index contributed by atoms with van der Waals surface area (Å²) in [5.41, 5.74) is 4.11. The van der Waals surface area contributed by atoms with Crippen LogP contribution in [0.25, 0.3) is 11.1 Å². The van der Waals surface area contributed by atoms with Crippen LogP contribution in [-0.4, -0.2) is 18.0 Å². The van der Waals surface area contributed by atoms with E-state index in [1.165, 1.54) is 17.4 Å². The van der Waals surface area contributed by atoms with Crippen LogP contribution < -0.4 is 15.4 Å². The third-order valence-electron chi connectivity index (χ3n) is 4.96. The van der Waals surface area contributed by atoms with Gasteiger partial charge in [-0.1, -0.05) is 25.3 Å². The van der Waals surface area contributed by atoms with Gasteiger partial charge in [0.1, 0.15) is 5.75 Å². The minimum atomic E-state index is -4.52. The van der Waals surface area contributed by atoms with Crippen molar-refractivity contribution in [1.29, 1.82) is 5.26 Å². The first kappa shape index (κ1) is 22.2. The van der Waals surface area contributed by atoms with Crippen LogP contribution in [-0.2, 0) is 13.0 Å². The minimum absolute atomic E-state index is 0.0703. The van der Waals surface area contributed by atoms with Gasteiger partial charge in [0.2, 0.25) is 0 Å². The molecule has 1 aliphatic rings. The van der Waals surface area contributed by atoms with E-state index in [4.69, 9.17) is 10.00 Å². The molecule has 162 valence electrons. The van der Waals surface area contributed by atoms with Crippen molar-refractivity contribution >= 4 is 5.69 Å². The molecule has 31 heavy (non-hydrogen) atoms. The highest BCUT2D eigenvalue weighted by atomic mass is 19.4. The fourth-order valence-electron chi connectivity index (χ4n) is 3.61. The number of allylic oxidation sites excluding steroid dienone is 1. The summed E-state index contributed by atoms with van der Waals surface area (Å²) in [6.45, 7) is 8.22. The van der Waals surface area contributed by atoms with Gasteiger partial charge in [-0.25, -0.2) is 0 Å². The molecule has 5 nitrogen and oxygen atoms in total. The predicted octanol–water partition coefficient (Wildman–Crippen LogP) is 4.96. The van der Waals surface area contributed by atoms with Crippen molar-refractivity contribution in [3.05, 3.63) is 72.0 Å². The molecule has 8 heteroatoms. The zero-order chi connectivity index (χ0) is 22.6. The van der Waals surface area contributed by atoms with Gasteiger partial charge < -0.3 is 15.2 Å². The lowest BCUT2D eigenvalue weighted by Crippen LogP contribution is -2.20. The van der Waals surface area contributed by atoms with Crippen LogP contribution in [0.2, 0.25) is 0 Å². The van der Waals surface area contributed by atoms with Gasteiger partial charge in [0.25, 0.3) is 0 Å². The number of alkyl halides is 3. The standard InChI is InChI=1S/C23H22F3N3O2/c1-3-14(2)28-13-16-12-19(15-4-6-17(7-5-15)29-23(24,25)26)22-18(9-11-31-22)21(16)20(30)8-10-27/h3-7,12,20,28-30H,1-2,8-9,11,13H2. The van der Waals surface area contributed by atoms with Gasteiger partial charge in [0, 0.05) is 35.5 Å². The normalized spacial score (nSPS) is 13.5. The molecule has 0 saturated heterocycles. The first-order chi connectivity index (χ1) is 14.7. The van der Waals surface area contributed by atoms with E-state index < -0.39 is 12.4 Å². The molecule has 3 rings (SSSR count). The van der Waals surface area contributed by atoms with Crippen molar-refractivity contribution in [1.82, 2.24) is 5.32 Å². The zero-order valence-corrected chi connectivity index (χ0v) is 16.7. The highest BCUT2D eigenvalue weighted by Gasteiger charge is 2.29. The summed E-state index contributed by atoms with van der Waals surface area (Å²) in [7, 11) is 0. The summed E-state index contributed by atoms with van der Waals surface area (Å²) in [5, 5.41) is 24.3. The molecule has 3 N–H and O–H groups in total. The Morgan fingerprint density at radius 1 is 1.32 bits per heavy atom. The molecular formula is C23H22F3N3O2. The zero-order valence-electron chi connectivity index (χ0n) is 16.7. The van der Waals surface area contributed by atoms with Gasteiger partial charge in [-0.15, -0.1) is 0 Å². The largest absolute Gasteiger partial charge is 0.492 e. The monoisotopic (exact) mass is 429 g/mol. The number of anilines is 1.